The average Bonchev–Trinajstić information content (AvgIpc) is 3.08. The van der Waals surface area contributed by atoms with Crippen molar-refractivity contribution in [2.75, 3.05) is 7.11 Å². The lowest BCUT2D eigenvalue weighted by atomic mass is 10.1. The molecule has 7 heteroatoms. The van der Waals surface area contributed by atoms with Gasteiger partial charge in [0.1, 0.15) is 4.90 Å². The summed E-state index contributed by atoms with van der Waals surface area (Å²) in [6.07, 6.45) is 3.14. The zero-order valence-corrected chi connectivity index (χ0v) is 13.6. The molecule has 0 aliphatic heterocycles. The number of aromatic nitrogens is 2. The highest BCUT2D eigenvalue weighted by Gasteiger charge is 2.22. The molecule has 0 fully saturated rings. The molecular formula is C17H14N2O4S. The normalized spacial score (nSPS) is 11.2. The second-order valence-corrected chi connectivity index (χ2v) is 6.79. The minimum atomic E-state index is -3.89. The molecule has 0 aliphatic carbocycles. The van der Waals surface area contributed by atoms with Gasteiger partial charge in [0, 0.05) is 17.8 Å². The van der Waals surface area contributed by atoms with E-state index >= 15 is 0 Å². The highest BCUT2D eigenvalue weighted by atomic mass is 32.2. The lowest BCUT2D eigenvalue weighted by Crippen LogP contribution is -2.13. The van der Waals surface area contributed by atoms with Gasteiger partial charge in [-0.05, 0) is 17.7 Å². The third-order valence-electron chi connectivity index (χ3n) is 3.49. The summed E-state index contributed by atoms with van der Waals surface area (Å²) in [6, 6.07) is 13.4. The van der Waals surface area contributed by atoms with Crippen LogP contribution in [0.25, 0.3) is 11.3 Å². The van der Waals surface area contributed by atoms with Crippen LogP contribution >= 0.6 is 0 Å². The fourth-order valence-electron chi connectivity index (χ4n) is 2.30. The zero-order chi connectivity index (χ0) is 17.2. The summed E-state index contributed by atoms with van der Waals surface area (Å²) in [5, 5.41) is 0. The van der Waals surface area contributed by atoms with Gasteiger partial charge >= 0.3 is 0 Å². The summed E-state index contributed by atoms with van der Waals surface area (Å²) in [7, 11) is -2.44. The number of pyridine rings is 1. The van der Waals surface area contributed by atoms with Crippen LogP contribution in [-0.2, 0) is 10.0 Å². The fraction of sp³-hybridized carbons (Fsp3) is 0.0588. The maximum Gasteiger partial charge on any atom is 0.269 e. The first-order valence-corrected chi connectivity index (χ1v) is 8.49. The van der Waals surface area contributed by atoms with Crippen molar-refractivity contribution in [1.82, 2.24) is 8.96 Å². The lowest BCUT2D eigenvalue weighted by Gasteiger charge is -2.10. The number of nitrogens with zero attached hydrogens (tertiary/aromatic N) is 2. The summed E-state index contributed by atoms with van der Waals surface area (Å²) in [5.41, 5.74) is 1.38. The largest absolute Gasteiger partial charge is 0.481 e. The number of ether oxygens (including phenoxy) is 1. The Morgan fingerprint density at radius 2 is 1.88 bits per heavy atom. The maximum atomic E-state index is 12.9. The molecule has 0 N–H and O–H groups in total. The Hall–Kier alpha value is -2.93. The van der Waals surface area contributed by atoms with Crippen LogP contribution < -0.4 is 4.74 Å². The van der Waals surface area contributed by atoms with Gasteiger partial charge in [0.05, 0.1) is 19.0 Å². The number of carbonyl (C=O) groups is 1. The molecule has 3 rings (SSSR count). The molecule has 122 valence electrons. The molecule has 0 bridgehead atoms. The zero-order valence-electron chi connectivity index (χ0n) is 12.8. The molecular weight excluding hydrogens is 328 g/mol. The number of hydrogen-bond acceptors (Lipinski definition) is 5. The lowest BCUT2D eigenvalue weighted by molar-refractivity contribution is 0.112. The molecule has 0 unspecified atom stereocenters. The predicted molar refractivity (Wildman–Crippen MR) is 88.6 cm³/mol. The molecule has 0 radical (unpaired) electrons. The third kappa shape index (κ3) is 2.81. The van der Waals surface area contributed by atoms with E-state index < -0.39 is 10.0 Å². The van der Waals surface area contributed by atoms with Crippen LogP contribution in [-0.4, -0.2) is 30.8 Å². The van der Waals surface area contributed by atoms with Gasteiger partial charge in [0.2, 0.25) is 5.88 Å². The van der Waals surface area contributed by atoms with Crippen molar-refractivity contribution in [3.63, 3.8) is 0 Å². The molecule has 24 heavy (non-hydrogen) atoms. The molecule has 0 amide bonds. The van der Waals surface area contributed by atoms with Gasteiger partial charge < -0.3 is 4.74 Å². The number of aldehydes is 1. The molecule has 3 aromatic rings. The van der Waals surface area contributed by atoms with E-state index in [4.69, 9.17) is 4.74 Å². The molecule has 2 aromatic heterocycles. The topological polar surface area (TPSA) is 78.3 Å². The Labute approximate surface area is 139 Å². The molecule has 1 aromatic carbocycles. The van der Waals surface area contributed by atoms with E-state index in [1.54, 1.807) is 24.3 Å². The van der Waals surface area contributed by atoms with Crippen LogP contribution in [0.4, 0.5) is 0 Å². The molecule has 0 saturated heterocycles. The van der Waals surface area contributed by atoms with Crippen LogP contribution in [0.2, 0.25) is 0 Å². The second kappa shape index (κ2) is 6.29. The van der Waals surface area contributed by atoms with E-state index in [-0.39, 0.29) is 10.5 Å². The summed E-state index contributed by atoms with van der Waals surface area (Å²) >= 11 is 0. The molecule has 2 heterocycles. The Morgan fingerprint density at radius 1 is 1.12 bits per heavy atom. The van der Waals surface area contributed by atoms with Crippen molar-refractivity contribution >= 4 is 16.3 Å². The van der Waals surface area contributed by atoms with E-state index in [9.17, 15) is 13.2 Å². The third-order valence-corrected chi connectivity index (χ3v) is 5.15. The van der Waals surface area contributed by atoms with Gasteiger partial charge in [0.15, 0.2) is 6.29 Å². The first-order chi connectivity index (χ1) is 11.6. The van der Waals surface area contributed by atoms with E-state index in [1.165, 1.54) is 37.7 Å². The van der Waals surface area contributed by atoms with Gasteiger partial charge in [-0.25, -0.2) is 17.4 Å². The van der Waals surface area contributed by atoms with Gasteiger partial charge in [0.25, 0.3) is 10.0 Å². The minimum Gasteiger partial charge on any atom is -0.481 e. The van der Waals surface area contributed by atoms with Crippen molar-refractivity contribution < 1.29 is 17.9 Å². The SMILES string of the molecule is COc1ccc(S(=O)(=O)n2cc(C=O)cc2-c2ccccc2)cn1. The first-order valence-electron chi connectivity index (χ1n) is 7.05. The highest BCUT2D eigenvalue weighted by Crippen LogP contribution is 2.26. The van der Waals surface area contributed by atoms with Crippen LogP contribution in [0.15, 0.2) is 65.8 Å². The van der Waals surface area contributed by atoms with Crippen molar-refractivity contribution in [2.45, 2.75) is 4.90 Å². The van der Waals surface area contributed by atoms with E-state index in [0.717, 1.165) is 3.97 Å². The summed E-state index contributed by atoms with van der Waals surface area (Å²) in [6.45, 7) is 0. The van der Waals surface area contributed by atoms with E-state index in [2.05, 4.69) is 4.98 Å². The Kier molecular flexibility index (Phi) is 4.18. The average molecular weight is 342 g/mol. The number of benzene rings is 1. The van der Waals surface area contributed by atoms with Gasteiger partial charge in [-0.15, -0.1) is 0 Å². The number of hydrogen-bond donors (Lipinski definition) is 0. The van der Waals surface area contributed by atoms with Crippen molar-refractivity contribution in [2.24, 2.45) is 0 Å². The van der Waals surface area contributed by atoms with Crippen molar-refractivity contribution in [1.29, 1.82) is 0 Å². The summed E-state index contributed by atoms with van der Waals surface area (Å²) in [5.74, 6) is 0.318. The fourth-order valence-corrected chi connectivity index (χ4v) is 3.63. The first kappa shape index (κ1) is 15.9. The van der Waals surface area contributed by atoms with Gasteiger partial charge in [-0.3, -0.25) is 4.79 Å². The number of carbonyl (C=O) groups excluding carboxylic acids is 1. The number of methoxy groups -OCH3 is 1. The summed E-state index contributed by atoms with van der Waals surface area (Å²) < 4.78 is 31.9. The predicted octanol–water partition coefficient (Wildman–Crippen LogP) is 2.61. The van der Waals surface area contributed by atoms with Gasteiger partial charge in [-0.2, -0.15) is 0 Å². The Balaban J connectivity index is 2.16. The molecule has 0 spiro atoms. The molecule has 6 nitrogen and oxygen atoms in total. The quantitative estimate of drug-likeness (QED) is 0.666. The van der Waals surface area contributed by atoms with Crippen LogP contribution in [0.1, 0.15) is 10.4 Å². The monoisotopic (exact) mass is 342 g/mol. The minimum absolute atomic E-state index is 0.00790. The maximum absolute atomic E-state index is 12.9. The standard InChI is InChI=1S/C17H14N2O4S/c1-23-17-8-7-15(10-18-17)24(21,22)19-11-13(12-20)9-16(19)14-5-3-2-4-6-14/h2-12H,1H3. The van der Waals surface area contributed by atoms with Crippen LogP contribution in [0.3, 0.4) is 0 Å². The molecule has 0 atom stereocenters. The van der Waals surface area contributed by atoms with Crippen LogP contribution in [0, 0.1) is 0 Å². The highest BCUT2D eigenvalue weighted by molar-refractivity contribution is 7.90. The van der Waals surface area contributed by atoms with E-state index in [1.807, 2.05) is 6.07 Å². The van der Waals surface area contributed by atoms with Crippen molar-refractivity contribution in [3.8, 4) is 17.1 Å². The van der Waals surface area contributed by atoms with Crippen molar-refractivity contribution in [3.05, 3.63) is 66.5 Å². The van der Waals surface area contributed by atoms with E-state index in [0.29, 0.717) is 23.4 Å². The Morgan fingerprint density at radius 3 is 2.46 bits per heavy atom. The number of rotatable bonds is 5. The smallest absolute Gasteiger partial charge is 0.269 e. The molecule has 0 saturated carbocycles. The van der Waals surface area contributed by atoms with Gasteiger partial charge in [-0.1, -0.05) is 30.3 Å². The molecule has 0 aliphatic rings. The summed E-state index contributed by atoms with van der Waals surface area (Å²) in [4.78, 5) is 15.1. The Bertz CT molecular complexity index is 962. The second-order valence-electron chi connectivity index (χ2n) is 4.98. The van der Waals surface area contributed by atoms with Crippen LogP contribution in [0.5, 0.6) is 5.88 Å².